The maximum Gasteiger partial charge on any atom is 0.113 e. The number of rotatable bonds is 4. The lowest BCUT2D eigenvalue weighted by atomic mass is 9.96. The standard InChI is InChI=1S/C20H21N5/c1-4-14-7-5-6-8-16(14)18-12-17(21-22-18)15-9-10-20-19(11-15)23-24-25(20)13(2)3/h5-11,13H,4,12H2,1-3H3. The van der Waals surface area contributed by atoms with Crippen molar-refractivity contribution in [3.63, 3.8) is 0 Å². The van der Waals surface area contributed by atoms with Crippen molar-refractivity contribution >= 4 is 22.5 Å². The molecule has 25 heavy (non-hydrogen) atoms. The highest BCUT2D eigenvalue weighted by Gasteiger charge is 2.19. The molecule has 126 valence electrons. The first kappa shape index (κ1) is 15.7. The molecular weight excluding hydrogens is 310 g/mol. The Hall–Kier alpha value is -2.82. The van der Waals surface area contributed by atoms with Crippen molar-refractivity contribution in [3.05, 3.63) is 59.2 Å². The quantitative estimate of drug-likeness (QED) is 0.720. The van der Waals surface area contributed by atoms with E-state index in [9.17, 15) is 0 Å². The average molecular weight is 331 g/mol. The average Bonchev–Trinajstić information content (AvgIpc) is 3.28. The van der Waals surface area contributed by atoms with Gasteiger partial charge in [0.2, 0.25) is 0 Å². The van der Waals surface area contributed by atoms with Gasteiger partial charge in [0.05, 0.1) is 16.9 Å². The summed E-state index contributed by atoms with van der Waals surface area (Å²) in [4.78, 5) is 0. The molecule has 0 radical (unpaired) electrons. The fourth-order valence-electron chi connectivity index (χ4n) is 3.27. The number of aromatic nitrogens is 3. The zero-order valence-electron chi connectivity index (χ0n) is 14.8. The van der Waals surface area contributed by atoms with Crippen LogP contribution < -0.4 is 0 Å². The van der Waals surface area contributed by atoms with Gasteiger partial charge in [-0.05, 0) is 38.0 Å². The molecular formula is C20H21N5. The van der Waals surface area contributed by atoms with Crippen LogP contribution in [0, 0.1) is 0 Å². The van der Waals surface area contributed by atoms with Gasteiger partial charge >= 0.3 is 0 Å². The van der Waals surface area contributed by atoms with Gasteiger partial charge in [-0.15, -0.1) is 5.10 Å². The minimum absolute atomic E-state index is 0.292. The van der Waals surface area contributed by atoms with Crippen LogP contribution in [0.15, 0.2) is 52.7 Å². The molecule has 4 rings (SSSR count). The Labute approximate surface area is 147 Å². The molecule has 1 aliphatic rings. The molecule has 0 fully saturated rings. The Morgan fingerprint density at radius 1 is 1.04 bits per heavy atom. The molecule has 3 aromatic rings. The first-order valence-electron chi connectivity index (χ1n) is 8.74. The van der Waals surface area contributed by atoms with E-state index in [4.69, 9.17) is 0 Å². The van der Waals surface area contributed by atoms with E-state index in [-0.39, 0.29) is 0 Å². The van der Waals surface area contributed by atoms with Gasteiger partial charge in [0.15, 0.2) is 0 Å². The van der Waals surface area contributed by atoms with Gasteiger partial charge in [0.25, 0.3) is 0 Å². The Kier molecular flexibility index (Phi) is 3.92. The van der Waals surface area contributed by atoms with Gasteiger partial charge in [-0.2, -0.15) is 10.2 Å². The molecule has 2 aromatic carbocycles. The largest absolute Gasteiger partial charge is 0.242 e. The van der Waals surface area contributed by atoms with Gasteiger partial charge in [-0.3, -0.25) is 0 Å². The molecule has 0 spiro atoms. The lowest BCUT2D eigenvalue weighted by Gasteiger charge is -2.07. The zero-order valence-corrected chi connectivity index (χ0v) is 14.8. The summed E-state index contributed by atoms with van der Waals surface area (Å²) < 4.78 is 1.94. The van der Waals surface area contributed by atoms with Crippen molar-refractivity contribution in [1.82, 2.24) is 15.0 Å². The number of aryl methyl sites for hydroxylation is 1. The van der Waals surface area contributed by atoms with Crippen LogP contribution >= 0.6 is 0 Å². The smallest absolute Gasteiger partial charge is 0.113 e. The van der Waals surface area contributed by atoms with Gasteiger partial charge in [-0.25, -0.2) is 4.68 Å². The van der Waals surface area contributed by atoms with Crippen molar-refractivity contribution in [1.29, 1.82) is 0 Å². The van der Waals surface area contributed by atoms with Gasteiger partial charge in [0, 0.05) is 23.6 Å². The summed E-state index contributed by atoms with van der Waals surface area (Å²) in [6.45, 7) is 6.38. The minimum Gasteiger partial charge on any atom is -0.242 e. The van der Waals surface area contributed by atoms with Crippen molar-refractivity contribution < 1.29 is 0 Å². The third-order valence-corrected chi connectivity index (χ3v) is 4.63. The fourth-order valence-corrected chi connectivity index (χ4v) is 3.27. The number of benzene rings is 2. The van der Waals surface area contributed by atoms with Crippen molar-refractivity contribution in [2.45, 2.75) is 39.7 Å². The molecule has 1 aliphatic heterocycles. The van der Waals surface area contributed by atoms with E-state index in [2.05, 4.69) is 83.8 Å². The highest BCUT2D eigenvalue weighted by molar-refractivity contribution is 6.21. The molecule has 0 saturated carbocycles. The Morgan fingerprint density at radius 2 is 1.84 bits per heavy atom. The topological polar surface area (TPSA) is 55.4 Å². The first-order valence-corrected chi connectivity index (χ1v) is 8.74. The molecule has 5 nitrogen and oxygen atoms in total. The van der Waals surface area contributed by atoms with Crippen molar-refractivity contribution in [2.75, 3.05) is 0 Å². The molecule has 0 aliphatic carbocycles. The SMILES string of the molecule is CCc1ccccc1C1=NN=C(c2ccc3c(c2)nnn3C(C)C)C1. The van der Waals surface area contributed by atoms with Crippen molar-refractivity contribution in [3.8, 4) is 0 Å². The molecule has 0 N–H and O–H groups in total. The van der Waals surface area contributed by atoms with E-state index in [0.29, 0.717) is 6.04 Å². The minimum atomic E-state index is 0.292. The molecule has 0 bridgehead atoms. The molecule has 0 amide bonds. The molecule has 0 atom stereocenters. The molecule has 1 aromatic heterocycles. The second-order valence-corrected chi connectivity index (χ2v) is 6.61. The highest BCUT2D eigenvalue weighted by Crippen LogP contribution is 2.22. The van der Waals surface area contributed by atoms with E-state index in [0.717, 1.165) is 40.9 Å². The summed E-state index contributed by atoms with van der Waals surface area (Å²) in [6, 6.07) is 14.9. The number of nitrogens with zero attached hydrogens (tertiary/aromatic N) is 5. The molecule has 2 heterocycles. The fraction of sp³-hybridized carbons (Fsp3) is 0.300. The van der Waals surface area contributed by atoms with Crippen LogP contribution in [0.5, 0.6) is 0 Å². The highest BCUT2D eigenvalue weighted by atomic mass is 15.4. The summed E-state index contributed by atoms with van der Waals surface area (Å²) in [7, 11) is 0. The Bertz CT molecular complexity index is 994. The van der Waals surface area contributed by atoms with Crippen LogP contribution in [0.2, 0.25) is 0 Å². The van der Waals surface area contributed by atoms with E-state index in [1.807, 2.05) is 4.68 Å². The predicted molar refractivity (Wildman–Crippen MR) is 101 cm³/mol. The van der Waals surface area contributed by atoms with E-state index >= 15 is 0 Å². The van der Waals surface area contributed by atoms with Crippen LogP contribution in [0.1, 0.15) is 49.9 Å². The number of hydrogen-bond acceptors (Lipinski definition) is 4. The number of fused-ring (bicyclic) bond motifs is 1. The Balaban J connectivity index is 1.62. The van der Waals surface area contributed by atoms with Crippen LogP contribution in [0.4, 0.5) is 0 Å². The third-order valence-electron chi connectivity index (χ3n) is 4.63. The molecule has 5 heteroatoms. The first-order chi connectivity index (χ1) is 12.2. The molecule has 0 saturated heterocycles. The van der Waals surface area contributed by atoms with Crippen LogP contribution in [-0.4, -0.2) is 26.4 Å². The van der Waals surface area contributed by atoms with Gasteiger partial charge in [-0.1, -0.05) is 42.5 Å². The number of hydrogen-bond donors (Lipinski definition) is 0. The normalized spacial score (nSPS) is 14.2. The third kappa shape index (κ3) is 2.76. The van der Waals surface area contributed by atoms with E-state index in [1.165, 1.54) is 11.1 Å². The summed E-state index contributed by atoms with van der Waals surface area (Å²) >= 11 is 0. The van der Waals surface area contributed by atoms with Crippen LogP contribution in [0.25, 0.3) is 11.0 Å². The maximum absolute atomic E-state index is 4.45. The second-order valence-electron chi connectivity index (χ2n) is 6.61. The predicted octanol–water partition coefficient (Wildman–Crippen LogP) is 4.17. The van der Waals surface area contributed by atoms with Gasteiger partial charge < -0.3 is 0 Å². The monoisotopic (exact) mass is 331 g/mol. The summed E-state index contributed by atoms with van der Waals surface area (Å²) in [5.41, 5.74) is 7.56. The summed E-state index contributed by atoms with van der Waals surface area (Å²) in [5.74, 6) is 0. The van der Waals surface area contributed by atoms with Gasteiger partial charge in [0.1, 0.15) is 5.52 Å². The molecule has 0 unspecified atom stereocenters. The Morgan fingerprint density at radius 3 is 2.64 bits per heavy atom. The van der Waals surface area contributed by atoms with Crippen LogP contribution in [0.3, 0.4) is 0 Å². The van der Waals surface area contributed by atoms with E-state index in [1.54, 1.807) is 0 Å². The summed E-state index contributed by atoms with van der Waals surface area (Å²) in [5, 5.41) is 17.4. The van der Waals surface area contributed by atoms with E-state index < -0.39 is 0 Å². The second kappa shape index (κ2) is 6.24. The lowest BCUT2D eigenvalue weighted by molar-refractivity contribution is 0.530. The zero-order chi connectivity index (χ0) is 17.4. The van der Waals surface area contributed by atoms with Crippen LogP contribution in [-0.2, 0) is 6.42 Å². The summed E-state index contributed by atoms with van der Waals surface area (Å²) in [6.07, 6.45) is 1.75. The lowest BCUT2D eigenvalue weighted by Crippen LogP contribution is -2.07. The maximum atomic E-state index is 4.45. The van der Waals surface area contributed by atoms with Crippen molar-refractivity contribution in [2.24, 2.45) is 10.2 Å².